The monoisotopic (exact) mass is 212 g/mol. The second-order valence-electron chi connectivity index (χ2n) is 3.88. The standard InChI is InChI=1S/C11H20N2O2/c1-13(8-9-14)11(15)12-7-6-10-4-2-3-5-10/h4,14H,2-3,5-9H2,1H3,(H,12,15). The van der Waals surface area contributed by atoms with Crippen LogP contribution in [0.5, 0.6) is 0 Å². The topological polar surface area (TPSA) is 52.6 Å². The Morgan fingerprint density at radius 3 is 3.07 bits per heavy atom. The summed E-state index contributed by atoms with van der Waals surface area (Å²) in [6, 6.07) is -0.109. The Balaban J connectivity index is 2.11. The van der Waals surface area contributed by atoms with Gasteiger partial charge in [-0.15, -0.1) is 0 Å². The lowest BCUT2D eigenvalue weighted by atomic mass is 10.2. The molecule has 0 aromatic carbocycles. The van der Waals surface area contributed by atoms with E-state index in [-0.39, 0.29) is 12.6 Å². The fourth-order valence-electron chi connectivity index (χ4n) is 1.68. The lowest BCUT2D eigenvalue weighted by Gasteiger charge is -2.16. The summed E-state index contributed by atoms with van der Waals surface area (Å²) in [7, 11) is 1.68. The summed E-state index contributed by atoms with van der Waals surface area (Å²) in [5.74, 6) is 0. The van der Waals surface area contributed by atoms with Crippen LogP contribution in [0.3, 0.4) is 0 Å². The van der Waals surface area contributed by atoms with E-state index in [1.807, 2.05) is 0 Å². The first-order chi connectivity index (χ1) is 7.24. The van der Waals surface area contributed by atoms with E-state index in [1.54, 1.807) is 7.05 Å². The zero-order chi connectivity index (χ0) is 11.1. The van der Waals surface area contributed by atoms with E-state index >= 15 is 0 Å². The average Bonchev–Trinajstić information content (AvgIpc) is 2.71. The number of carbonyl (C=O) groups excluding carboxylic acids is 1. The quantitative estimate of drug-likeness (QED) is 0.671. The van der Waals surface area contributed by atoms with Crippen molar-refractivity contribution in [3.05, 3.63) is 11.6 Å². The molecular formula is C11H20N2O2. The second-order valence-corrected chi connectivity index (χ2v) is 3.88. The van der Waals surface area contributed by atoms with Crippen LogP contribution in [0.1, 0.15) is 25.7 Å². The fraction of sp³-hybridized carbons (Fsp3) is 0.727. The molecule has 4 heteroatoms. The third-order valence-electron chi connectivity index (χ3n) is 2.64. The van der Waals surface area contributed by atoms with E-state index in [9.17, 15) is 4.79 Å². The van der Waals surface area contributed by atoms with Crippen LogP contribution >= 0.6 is 0 Å². The summed E-state index contributed by atoms with van der Waals surface area (Å²) >= 11 is 0. The molecule has 0 unspecified atom stereocenters. The summed E-state index contributed by atoms with van der Waals surface area (Å²) in [5.41, 5.74) is 1.46. The normalized spacial score (nSPS) is 14.9. The van der Waals surface area contributed by atoms with Crippen LogP contribution < -0.4 is 5.32 Å². The molecule has 0 aliphatic heterocycles. The molecule has 0 aromatic rings. The van der Waals surface area contributed by atoms with E-state index in [4.69, 9.17) is 5.11 Å². The van der Waals surface area contributed by atoms with Crippen LogP contribution in [0.2, 0.25) is 0 Å². The number of likely N-dealkylation sites (N-methyl/N-ethyl adjacent to an activating group) is 1. The summed E-state index contributed by atoms with van der Waals surface area (Å²) < 4.78 is 0. The van der Waals surface area contributed by atoms with Gasteiger partial charge in [-0.1, -0.05) is 11.6 Å². The Hall–Kier alpha value is -1.03. The van der Waals surface area contributed by atoms with Gasteiger partial charge >= 0.3 is 6.03 Å². The number of carbonyl (C=O) groups is 1. The van der Waals surface area contributed by atoms with Crippen molar-refractivity contribution < 1.29 is 9.90 Å². The number of aliphatic hydroxyl groups excluding tert-OH is 1. The number of rotatable bonds is 5. The minimum atomic E-state index is -0.109. The number of urea groups is 1. The molecule has 1 aliphatic carbocycles. The maximum absolute atomic E-state index is 11.4. The first-order valence-corrected chi connectivity index (χ1v) is 5.51. The van der Waals surface area contributed by atoms with Gasteiger partial charge in [-0.3, -0.25) is 0 Å². The third kappa shape index (κ3) is 4.34. The molecule has 0 radical (unpaired) electrons. The van der Waals surface area contributed by atoms with Gasteiger partial charge in [-0.25, -0.2) is 4.79 Å². The molecule has 2 amide bonds. The van der Waals surface area contributed by atoms with Gasteiger partial charge in [0.05, 0.1) is 6.61 Å². The van der Waals surface area contributed by atoms with Gasteiger partial charge in [0.1, 0.15) is 0 Å². The van der Waals surface area contributed by atoms with Crippen molar-refractivity contribution in [2.45, 2.75) is 25.7 Å². The Morgan fingerprint density at radius 2 is 2.47 bits per heavy atom. The maximum atomic E-state index is 11.4. The van der Waals surface area contributed by atoms with Crippen molar-refractivity contribution in [2.75, 3.05) is 26.7 Å². The zero-order valence-corrected chi connectivity index (χ0v) is 9.33. The molecular weight excluding hydrogens is 192 g/mol. The van der Waals surface area contributed by atoms with E-state index in [0.717, 1.165) is 6.42 Å². The molecule has 0 spiro atoms. The van der Waals surface area contributed by atoms with E-state index < -0.39 is 0 Å². The fourth-order valence-corrected chi connectivity index (χ4v) is 1.68. The number of aliphatic hydroxyl groups is 1. The SMILES string of the molecule is CN(CCO)C(=O)NCCC1=CCCC1. The van der Waals surface area contributed by atoms with Crippen LogP contribution in [0, 0.1) is 0 Å². The smallest absolute Gasteiger partial charge is 0.317 e. The second kappa shape index (κ2) is 6.45. The Kier molecular flexibility index (Phi) is 5.18. The summed E-state index contributed by atoms with van der Waals surface area (Å²) in [6.45, 7) is 1.09. The highest BCUT2D eigenvalue weighted by Crippen LogP contribution is 2.19. The highest BCUT2D eigenvalue weighted by Gasteiger charge is 2.08. The number of allylic oxidation sites excluding steroid dienone is 1. The molecule has 15 heavy (non-hydrogen) atoms. The van der Waals surface area contributed by atoms with Crippen molar-refractivity contribution in [2.24, 2.45) is 0 Å². The predicted molar refractivity (Wildman–Crippen MR) is 59.7 cm³/mol. The van der Waals surface area contributed by atoms with Crippen molar-refractivity contribution >= 4 is 6.03 Å². The van der Waals surface area contributed by atoms with Crippen LogP contribution in [0.25, 0.3) is 0 Å². The number of hydrogen-bond donors (Lipinski definition) is 2. The molecule has 4 nitrogen and oxygen atoms in total. The molecule has 0 bridgehead atoms. The first-order valence-electron chi connectivity index (χ1n) is 5.51. The maximum Gasteiger partial charge on any atom is 0.317 e. The Labute approximate surface area is 91.0 Å². The summed E-state index contributed by atoms with van der Waals surface area (Å²) in [4.78, 5) is 12.9. The highest BCUT2D eigenvalue weighted by molar-refractivity contribution is 5.73. The molecule has 0 atom stereocenters. The average molecular weight is 212 g/mol. The third-order valence-corrected chi connectivity index (χ3v) is 2.64. The number of nitrogens with zero attached hydrogens (tertiary/aromatic N) is 1. The first kappa shape index (κ1) is 12.0. The Bertz CT molecular complexity index is 239. The van der Waals surface area contributed by atoms with E-state index in [1.165, 1.54) is 29.7 Å². The van der Waals surface area contributed by atoms with Crippen molar-refractivity contribution in [1.82, 2.24) is 10.2 Å². The van der Waals surface area contributed by atoms with Crippen LogP contribution in [0.4, 0.5) is 4.79 Å². The van der Waals surface area contributed by atoms with Crippen molar-refractivity contribution in [1.29, 1.82) is 0 Å². The van der Waals surface area contributed by atoms with E-state index in [2.05, 4.69) is 11.4 Å². The van der Waals surface area contributed by atoms with Crippen molar-refractivity contribution in [3.8, 4) is 0 Å². The van der Waals surface area contributed by atoms with Gasteiger partial charge in [-0.05, 0) is 25.7 Å². The summed E-state index contributed by atoms with van der Waals surface area (Å²) in [6.07, 6.45) is 6.85. The largest absolute Gasteiger partial charge is 0.395 e. The number of hydrogen-bond acceptors (Lipinski definition) is 2. The van der Waals surface area contributed by atoms with E-state index in [0.29, 0.717) is 13.1 Å². The molecule has 1 rings (SSSR count). The molecule has 2 N–H and O–H groups in total. The van der Waals surface area contributed by atoms with Crippen LogP contribution in [-0.4, -0.2) is 42.8 Å². The van der Waals surface area contributed by atoms with Crippen LogP contribution in [-0.2, 0) is 0 Å². The predicted octanol–water partition coefficient (Wildman–Crippen LogP) is 1.12. The Morgan fingerprint density at radius 1 is 1.67 bits per heavy atom. The minimum absolute atomic E-state index is 0.00900. The molecule has 0 saturated carbocycles. The van der Waals surface area contributed by atoms with Gasteiger partial charge < -0.3 is 15.3 Å². The van der Waals surface area contributed by atoms with Gasteiger partial charge in [-0.2, -0.15) is 0 Å². The zero-order valence-electron chi connectivity index (χ0n) is 9.33. The molecule has 0 heterocycles. The highest BCUT2D eigenvalue weighted by atomic mass is 16.3. The van der Waals surface area contributed by atoms with Crippen molar-refractivity contribution in [3.63, 3.8) is 0 Å². The minimum Gasteiger partial charge on any atom is -0.395 e. The lowest BCUT2D eigenvalue weighted by molar-refractivity contribution is 0.190. The van der Waals surface area contributed by atoms with Crippen LogP contribution in [0.15, 0.2) is 11.6 Å². The lowest BCUT2D eigenvalue weighted by Crippen LogP contribution is -2.39. The van der Waals surface area contributed by atoms with Gasteiger partial charge in [0.2, 0.25) is 0 Å². The van der Waals surface area contributed by atoms with Gasteiger partial charge in [0.25, 0.3) is 0 Å². The molecule has 0 saturated heterocycles. The molecule has 1 aliphatic rings. The molecule has 86 valence electrons. The van der Waals surface area contributed by atoms with Gasteiger partial charge in [0, 0.05) is 20.1 Å². The van der Waals surface area contributed by atoms with Gasteiger partial charge in [0.15, 0.2) is 0 Å². The number of nitrogens with one attached hydrogen (secondary N) is 1. The molecule has 0 fully saturated rings. The summed E-state index contributed by atoms with van der Waals surface area (Å²) in [5, 5.41) is 11.5. The number of amides is 2. The molecule has 0 aromatic heterocycles.